The number of nitrogens with zero attached hydrogens (tertiary/aromatic N) is 1. The summed E-state index contributed by atoms with van der Waals surface area (Å²) in [6, 6.07) is 9.41. The predicted octanol–water partition coefficient (Wildman–Crippen LogP) is 1.45. The third-order valence-corrected chi connectivity index (χ3v) is 4.96. The lowest BCUT2D eigenvalue weighted by molar-refractivity contribution is 0.00807. The van der Waals surface area contributed by atoms with Crippen LogP contribution < -0.4 is 10.9 Å². The lowest BCUT2D eigenvalue weighted by atomic mass is 9.76. The van der Waals surface area contributed by atoms with E-state index in [1.807, 2.05) is 24.3 Å². The molecular weight excluding hydrogens is 280 g/mol. The van der Waals surface area contributed by atoms with Gasteiger partial charge in [-0.2, -0.15) is 0 Å². The Labute approximate surface area is 127 Å². The van der Waals surface area contributed by atoms with Crippen LogP contribution in [0, 0.1) is 5.92 Å². The number of para-hydroxylation sites is 1. The van der Waals surface area contributed by atoms with Crippen molar-refractivity contribution in [1.82, 2.24) is 9.88 Å². The molecule has 1 amide bonds. The highest BCUT2D eigenvalue weighted by atomic mass is 16.5. The van der Waals surface area contributed by atoms with Crippen molar-refractivity contribution in [3.8, 4) is 0 Å². The summed E-state index contributed by atoms with van der Waals surface area (Å²) in [6.07, 6.45) is 2.14. The van der Waals surface area contributed by atoms with E-state index in [-0.39, 0.29) is 23.1 Å². The van der Waals surface area contributed by atoms with Crippen molar-refractivity contribution >= 4 is 16.8 Å². The summed E-state index contributed by atoms with van der Waals surface area (Å²) in [4.78, 5) is 24.9. The quantitative estimate of drug-likeness (QED) is 0.913. The van der Waals surface area contributed by atoms with Gasteiger partial charge in [-0.05, 0) is 30.4 Å². The van der Waals surface area contributed by atoms with Crippen LogP contribution in [0.5, 0.6) is 0 Å². The Hall–Kier alpha value is -2.14. The highest BCUT2D eigenvalue weighted by Crippen LogP contribution is 2.38. The fourth-order valence-electron chi connectivity index (χ4n) is 3.59. The molecule has 1 aromatic heterocycles. The van der Waals surface area contributed by atoms with Gasteiger partial charge in [0, 0.05) is 25.6 Å². The monoisotopic (exact) mass is 298 g/mol. The van der Waals surface area contributed by atoms with Crippen LogP contribution in [0.1, 0.15) is 23.2 Å². The number of pyridine rings is 1. The number of aromatic nitrogens is 1. The number of carbonyl (C=O) groups excluding carboxylic acids is 1. The Balaban J connectivity index is 1.64. The summed E-state index contributed by atoms with van der Waals surface area (Å²) >= 11 is 0. The van der Waals surface area contributed by atoms with Crippen LogP contribution in [0.25, 0.3) is 10.9 Å². The average molecular weight is 298 g/mol. The van der Waals surface area contributed by atoms with Gasteiger partial charge in [-0.3, -0.25) is 9.59 Å². The van der Waals surface area contributed by atoms with E-state index in [0.717, 1.165) is 30.4 Å². The van der Waals surface area contributed by atoms with Crippen molar-refractivity contribution < 1.29 is 9.53 Å². The molecule has 1 saturated heterocycles. The molecule has 2 heterocycles. The molecule has 0 bridgehead atoms. The Bertz CT molecular complexity index is 811. The van der Waals surface area contributed by atoms with Gasteiger partial charge in [0.1, 0.15) is 5.56 Å². The molecule has 0 unspecified atom stereocenters. The summed E-state index contributed by atoms with van der Waals surface area (Å²) in [5, 5.41) is 3.90. The molecule has 1 aliphatic carbocycles. The summed E-state index contributed by atoms with van der Waals surface area (Å²) in [6.45, 7) is 0.777. The lowest BCUT2D eigenvalue weighted by Crippen LogP contribution is -2.54. The molecule has 1 aliphatic heterocycles. The van der Waals surface area contributed by atoms with Crippen molar-refractivity contribution in [3.63, 3.8) is 0 Å². The zero-order valence-electron chi connectivity index (χ0n) is 12.4. The summed E-state index contributed by atoms with van der Waals surface area (Å²) in [7, 11) is 1.70. The number of fused-ring (bicyclic) bond motifs is 2. The van der Waals surface area contributed by atoms with Gasteiger partial charge in [0.2, 0.25) is 0 Å². The van der Waals surface area contributed by atoms with E-state index in [2.05, 4.69) is 5.32 Å². The van der Waals surface area contributed by atoms with Gasteiger partial charge in [0.05, 0.1) is 11.6 Å². The van der Waals surface area contributed by atoms with Crippen molar-refractivity contribution in [1.29, 1.82) is 0 Å². The van der Waals surface area contributed by atoms with Crippen molar-refractivity contribution in [2.75, 3.05) is 6.61 Å². The first kappa shape index (κ1) is 13.5. The largest absolute Gasteiger partial charge is 0.378 e. The van der Waals surface area contributed by atoms with E-state index in [0.29, 0.717) is 12.0 Å². The third kappa shape index (κ3) is 1.96. The molecule has 4 rings (SSSR count). The van der Waals surface area contributed by atoms with Crippen LogP contribution in [-0.4, -0.2) is 29.2 Å². The molecule has 2 fully saturated rings. The van der Waals surface area contributed by atoms with E-state index in [4.69, 9.17) is 4.74 Å². The molecule has 1 N–H and O–H groups in total. The number of hydrogen-bond acceptors (Lipinski definition) is 3. The average Bonchev–Trinajstić information content (AvgIpc) is 2.89. The highest BCUT2D eigenvalue weighted by Gasteiger charge is 2.45. The number of benzene rings is 1. The second-order valence-corrected chi connectivity index (χ2v) is 6.16. The molecule has 1 saturated carbocycles. The minimum absolute atomic E-state index is 0.135. The molecule has 22 heavy (non-hydrogen) atoms. The zero-order chi connectivity index (χ0) is 15.3. The lowest BCUT2D eigenvalue weighted by Gasteiger charge is -2.39. The maximum Gasteiger partial charge on any atom is 0.263 e. The predicted molar refractivity (Wildman–Crippen MR) is 82.9 cm³/mol. The zero-order valence-corrected chi connectivity index (χ0v) is 12.4. The van der Waals surface area contributed by atoms with Gasteiger partial charge < -0.3 is 14.6 Å². The summed E-state index contributed by atoms with van der Waals surface area (Å²) in [5.41, 5.74) is 0.787. The molecule has 3 atom stereocenters. The Morgan fingerprint density at radius 2 is 2.18 bits per heavy atom. The summed E-state index contributed by atoms with van der Waals surface area (Å²) in [5.74, 6) is 0.134. The van der Waals surface area contributed by atoms with E-state index in [9.17, 15) is 9.59 Å². The Kier molecular flexibility index (Phi) is 3.04. The first-order valence-corrected chi connectivity index (χ1v) is 7.66. The number of aryl methyl sites for hydroxylation is 1. The van der Waals surface area contributed by atoms with Crippen LogP contribution in [0.2, 0.25) is 0 Å². The molecule has 2 aromatic rings. The molecule has 5 heteroatoms. The highest BCUT2D eigenvalue weighted by molar-refractivity contribution is 5.97. The van der Waals surface area contributed by atoms with Gasteiger partial charge >= 0.3 is 0 Å². The maximum atomic E-state index is 12.5. The third-order valence-electron chi connectivity index (χ3n) is 4.96. The summed E-state index contributed by atoms with van der Waals surface area (Å²) < 4.78 is 7.09. The van der Waals surface area contributed by atoms with E-state index >= 15 is 0 Å². The molecule has 2 aliphatic rings. The van der Waals surface area contributed by atoms with Crippen molar-refractivity contribution in [2.24, 2.45) is 13.0 Å². The van der Waals surface area contributed by atoms with E-state index in [1.54, 1.807) is 13.1 Å². The Morgan fingerprint density at radius 3 is 3.00 bits per heavy atom. The van der Waals surface area contributed by atoms with Crippen LogP contribution >= 0.6 is 0 Å². The van der Waals surface area contributed by atoms with Gasteiger partial charge in [-0.1, -0.05) is 18.2 Å². The number of carbonyl (C=O) groups is 1. The minimum atomic E-state index is -0.276. The Morgan fingerprint density at radius 1 is 1.36 bits per heavy atom. The normalized spacial score (nSPS) is 26.5. The first-order valence-electron chi connectivity index (χ1n) is 7.66. The number of amides is 1. The standard InChI is InChI=1S/C17H18N2O3/c1-19-14-5-3-2-4-10(14)8-12(17(19)21)16(20)18-13-9-15-11(13)6-7-22-15/h2-5,8,11,13,15H,6-7,9H2,1H3,(H,18,20)/t11-,13+,15+/m1/s1. The van der Waals surface area contributed by atoms with Crippen LogP contribution in [0.3, 0.4) is 0 Å². The molecule has 0 radical (unpaired) electrons. The smallest absolute Gasteiger partial charge is 0.263 e. The van der Waals surface area contributed by atoms with Crippen LogP contribution in [0.4, 0.5) is 0 Å². The second kappa shape index (κ2) is 4.95. The molecule has 114 valence electrons. The number of rotatable bonds is 2. The van der Waals surface area contributed by atoms with Crippen LogP contribution in [-0.2, 0) is 11.8 Å². The fraction of sp³-hybridized carbons (Fsp3) is 0.412. The topological polar surface area (TPSA) is 60.3 Å². The van der Waals surface area contributed by atoms with Gasteiger partial charge in [-0.25, -0.2) is 0 Å². The van der Waals surface area contributed by atoms with Gasteiger partial charge in [0.25, 0.3) is 11.5 Å². The number of hydrogen-bond donors (Lipinski definition) is 1. The first-order chi connectivity index (χ1) is 10.6. The van der Waals surface area contributed by atoms with Crippen molar-refractivity contribution in [3.05, 3.63) is 46.2 Å². The maximum absolute atomic E-state index is 12.5. The minimum Gasteiger partial charge on any atom is -0.378 e. The molecule has 0 spiro atoms. The number of nitrogens with one attached hydrogen (secondary N) is 1. The number of ether oxygens (including phenoxy) is 1. The second-order valence-electron chi connectivity index (χ2n) is 6.16. The van der Waals surface area contributed by atoms with Crippen molar-refractivity contribution in [2.45, 2.75) is 25.0 Å². The fourth-order valence-corrected chi connectivity index (χ4v) is 3.59. The molecular formula is C17H18N2O3. The SMILES string of the molecule is Cn1c(=O)c(C(=O)N[C@H]2C[C@@H]3OCC[C@H]23)cc2ccccc21. The van der Waals surface area contributed by atoms with Gasteiger partial charge in [-0.15, -0.1) is 0 Å². The van der Waals surface area contributed by atoms with E-state index < -0.39 is 0 Å². The van der Waals surface area contributed by atoms with Gasteiger partial charge in [0.15, 0.2) is 0 Å². The van der Waals surface area contributed by atoms with Crippen LogP contribution in [0.15, 0.2) is 35.1 Å². The molecule has 5 nitrogen and oxygen atoms in total. The van der Waals surface area contributed by atoms with E-state index in [1.165, 1.54) is 4.57 Å². The molecule has 1 aromatic carbocycles.